The standard InChI is InChI=1S/C15H10OS/c17-15-10-13(11-6-2-1-3-7-11)12-8-4-5-9-14(12)16-15/h1-10H. The summed E-state index contributed by atoms with van der Waals surface area (Å²) in [6.07, 6.45) is 0. The first-order valence-electron chi connectivity index (χ1n) is 5.43. The Kier molecular flexibility index (Phi) is 2.50. The third-order valence-corrected chi connectivity index (χ3v) is 2.94. The molecule has 0 bridgehead atoms. The van der Waals surface area contributed by atoms with Crippen LogP contribution in [0, 0.1) is 4.71 Å². The molecule has 3 rings (SSSR count). The molecule has 0 aliphatic heterocycles. The van der Waals surface area contributed by atoms with Gasteiger partial charge in [-0.15, -0.1) is 0 Å². The number of benzene rings is 2. The minimum absolute atomic E-state index is 0.516. The van der Waals surface area contributed by atoms with Gasteiger partial charge in [-0.1, -0.05) is 48.5 Å². The van der Waals surface area contributed by atoms with Crippen LogP contribution in [-0.4, -0.2) is 0 Å². The maximum absolute atomic E-state index is 5.54. The Bertz CT molecular complexity index is 714. The average Bonchev–Trinajstić information content (AvgIpc) is 2.39. The van der Waals surface area contributed by atoms with E-state index in [2.05, 4.69) is 18.2 Å². The van der Waals surface area contributed by atoms with E-state index < -0.39 is 0 Å². The van der Waals surface area contributed by atoms with Gasteiger partial charge in [0, 0.05) is 11.5 Å². The Morgan fingerprint density at radius 2 is 1.53 bits per heavy atom. The van der Waals surface area contributed by atoms with Crippen molar-refractivity contribution in [2.45, 2.75) is 0 Å². The Morgan fingerprint density at radius 1 is 0.824 bits per heavy atom. The number of rotatable bonds is 1. The molecule has 0 atom stereocenters. The van der Waals surface area contributed by atoms with Gasteiger partial charge in [-0.05, 0) is 29.4 Å². The third-order valence-electron chi connectivity index (χ3n) is 2.73. The first kappa shape index (κ1) is 10.2. The Labute approximate surface area is 104 Å². The minimum atomic E-state index is 0.516. The van der Waals surface area contributed by atoms with Gasteiger partial charge in [0.25, 0.3) is 0 Å². The van der Waals surface area contributed by atoms with Gasteiger partial charge in [-0.3, -0.25) is 0 Å². The van der Waals surface area contributed by atoms with Crippen molar-refractivity contribution in [2.75, 3.05) is 0 Å². The van der Waals surface area contributed by atoms with Crippen LogP contribution in [0.5, 0.6) is 0 Å². The van der Waals surface area contributed by atoms with Gasteiger partial charge >= 0.3 is 0 Å². The van der Waals surface area contributed by atoms with Crippen molar-refractivity contribution >= 4 is 23.2 Å². The molecule has 0 unspecified atom stereocenters. The number of hydrogen-bond acceptors (Lipinski definition) is 2. The average molecular weight is 238 g/mol. The van der Waals surface area contributed by atoms with Gasteiger partial charge in [0.1, 0.15) is 5.58 Å². The highest BCUT2D eigenvalue weighted by atomic mass is 32.1. The van der Waals surface area contributed by atoms with Gasteiger partial charge in [0.05, 0.1) is 0 Å². The molecule has 0 fully saturated rings. The van der Waals surface area contributed by atoms with Crippen LogP contribution in [-0.2, 0) is 0 Å². The van der Waals surface area contributed by atoms with Gasteiger partial charge in [0.2, 0.25) is 0 Å². The highest BCUT2D eigenvalue weighted by molar-refractivity contribution is 7.71. The van der Waals surface area contributed by atoms with Crippen LogP contribution in [0.1, 0.15) is 0 Å². The van der Waals surface area contributed by atoms with E-state index >= 15 is 0 Å². The summed E-state index contributed by atoms with van der Waals surface area (Å²) in [6, 6.07) is 20.1. The molecule has 17 heavy (non-hydrogen) atoms. The molecule has 2 heteroatoms. The van der Waals surface area contributed by atoms with E-state index in [1.165, 1.54) is 0 Å². The van der Waals surface area contributed by atoms with Crippen LogP contribution < -0.4 is 0 Å². The van der Waals surface area contributed by atoms with Crippen molar-refractivity contribution < 1.29 is 4.42 Å². The smallest absolute Gasteiger partial charge is 0.191 e. The summed E-state index contributed by atoms with van der Waals surface area (Å²) in [5.74, 6) is 0. The van der Waals surface area contributed by atoms with Crippen molar-refractivity contribution in [3.63, 3.8) is 0 Å². The molecule has 0 saturated heterocycles. The molecular formula is C15H10OS. The molecule has 1 aromatic heterocycles. The maximum atomic E-state index is 5.54. The predicted octanol–water partition coefficient (Wildman–Crippen LogP) is 4.83. The molecule has 0 aliphatic rings. The van der Waals surface area contributed by atoms with E-state index in [4.69, 9.17) is 16.6 Å². The zero-order valence-corrected chi connectivity index (χ0v) is 9.91. The van der Waals surface area contributed by atoms with Gasteiger partial charge in [-0.25, -0.2) is 0 Å². The van der Waals surface area contributed by atoms with Crippen molar-refractivity contribution in [3.8, 4) is 11.1 Å². The lowest BCUT2D eigenvalue weighted by atomic mass is 10.0. The molecule has 0 spiro atoms. The largest absolute Gasteiger partial charge is 0.445 e. The summed E-state index contributed by atoms with van der Waals surface area (Å²) in [5, 5.41) is 1.09. The second-order valence-electron chi connectivity index (χ2n) is 3.84. The molecule has 82 valence electrons. The van der Waals surface area contributed by atoms with Crippen LogP contribution in [0.25, 0.3) is 22.1 Å². The highest BCUT2D eigenvalue weighted by Gasteiger charge is 2.04. The third kappa shape index (κ3) is 1.87. The summed E-state index contributed by atoms with van der Waals surface area (Å²) in [5.41, 5.74) is 3.11. The first-order chi connectivity index (χ1) is 8.34. The van der Waals surface area contributed by atoms with Gasteiger partial charge in [0.15, 0.2) is 4.71 Å². The normalized spacial score (nSPS) is 10.6. The summed E-state index contributed by atoms with van der Waals surface area (Å²) in [4.78, 5) is 0. The number of para-hydroxylation sites is 1. The lowest BCUT2D eigenvalue weighted by molar-refractivity contribution is 0.587. The molecule has 2 aromatic carbocycles. The van der Waals surface area contributed by atoms with Crippen molar-refractivity contribution in [3.05, 3.63) is 65.4 Å². The lowest BCUT2D eigenvalue weighted by Gasteiger charge is -2.05. The van der Waals surface area contributed by atoms with Crippen molar-refractivity contribution in [2.24, 2.45) is 0 Å². The molecule has 1 nitrogen and oxygen atoms in total. The molecule has 0 radical (unpaired) electrons. The summed E-state index contributed by atoms with van der Waals surface area (Å²) < 4.78 is 6.05. The highest BCUT2D eigenvalue weighted by Crippen LogP contribution is 2.28. The molecule has 0 N–H and O–H groups in total. The van der Waals surface area contributed by atoms with E-state index in [0.717, 1.165) is 22.1 Å². The first-order valence-corrected chi connectivity index (χ1v) is 5.84. The number of hydrogen-bond donors (Lipinski definition) is 0. The zero-order valence-electron chi connectivity index (χ0n) is 9.09. The second-order valence-corrected chi connectivity index (χ2v) is 4.24. The minimum Gasteiger partial charge on any atom is -0.445 e. The summed E-state index contributed by atoms with van der Waals surface area (Å²) in [7, 11) is 0. The fourth-order valence-electron chi connectivity index (χ4n) is 1.97. The predicted molar refractivity (Wildman–Crippen MR) is 72.5 cm³/mol. The van der Waals surface area contributed by atoms with Crippen molar-refractivity contribution in [1.82, 2.24) is 0 Å². The Morgan fingerprint density at radius 3 is 2.35 bits per heavy atom. The molecular weight excluding hydrogens is 228 g/mol. The maximum Gasteiger partial charge on any atom is 0.191 e. The van der Waals surface area contributed by atoms with Crippen molar-refractivity contribution in [1.29, 1.82) is 0 Å². The fourth-order valence-corrected chi connectivity index (χ4v) is 2.18. The van der Waals surface area contributed by atoms with Crippen LogP contribution in [0.4, 0.5) is 0 Å². The van der Waals surface area contributed by atoms with Crippen LogP contribution in [0.3, 0.4) is 0 Å². The monoisotopic (exact) mass is 238 g/mol. The van der Waals surface area contributed by atoms with Crippen LogP contribution in [0.2, 0.25) is 0 Å². The van der Waals surface area contributed by atoms with E-state index in [1.54, 1.807) is 0 Å². The quantitative estimate of drug-likeness (QED) is 0.563. The van der Waals surface area contributed by atoms with Crippen LogP contribution >= 0.6 is 12.2 Å². The Hall–Kier alpha value is -1.93. The SMILES string of the molecule is S=c1cc(-c2ccccc2)c2ccccc2o1. The molecule has 0 saturated carbocycles. The Balaban J connectivity index is 2.40. The van der Waals surface area contributed by atoms with E-state index in [-0.39, 0.29) is 0 Å². The topological polar surface area (TPSA) is 13.1 Å². The lowest BCUT2D eigenvalue weighted by Crippen LogP contribution is -1.81. The van der Waals surface area contributed by atoms with E-state index in [9.17, 15) is 0 Å². The molecule has 0 aliphatic carbocycles. The van der Waals surface area contributed by atoms with E-state index in [0.29, 0.717) is 4.71 Å². The number of fused-ring (bicyclic) bond motifs is 1. The van der Waals surface area contributed by atoms with Gasteiger partial charge in [-0.2, -0.15) is 0 Å². The zero-order chi connectivity index (χ0) is 11.7. The van der Waals surface area contributed by atoms with Gasteiger partial charge < -0.3 is 4.42 Å². The summed E-state index contributed by atoms with van der Waals surface area (Å²) in [6.45, 7) is 0. The second kappa shape index (κ2) is 4.15. The molecule has 3 aromatic rings. The summed E-state index contributed by atoms with van der Waals surface area (Å²) >= 11 is 5.16. The molecule has 0 amide bonds. The van der Waals surface area contributed by atoms with E-state index in [1.807, 2.05) is 42.5 Å². The van der Waals surface area contributed by atoms with Crippen LogP contribution in [0.15, 0.2) is 65.1 Å². The fraction of sp³-hybridized carbons (Fsp3) is 0. The molecule has 1 heterocycles.